The summed E-state index contributed by atoms with van der Waals surface area (Å²) in [5.41, 5.74) is 6.17. The van der Waals surface area contributed by atoms with Crippen molar-refractivity contribution >= 4 is 29.5 Å². The van der Waals surface area contributed by atoms with Crippen molar-refractivity contribution in [1.82, 2.24) is 10.2 Å². The lowest BCUT2D eigenvalue weighted by atomic mass is 9.96. The fourth-order valence-corrected chi connectivity index (χ4v) is 4.47. The van der Waals surface area contributed by atoms with Crippen LogP contribution in [-0.4, -0.2) is 69.8 Å². The molecule has 0 aromatic rings. The van der Waals surface area contributed by atoms with Gasteiger partial charge in [0, 0.05) is 11.9 Å². The number of carbonyl (C=O) groups is 3. The number of fused-ring (bicyclic) bond motifs is 1. The van der Waals surface area contributed by atoms with E-state index in [2.05, 4.69) is 11.9 Å². The van der Waals surface area contributed by atoms with Gasteiger partial charge >= 0.3 is 5.97 Å². The van der Waals surface area contributed by atoms with Crippen LogP contribution in [0.1, 0.15) is 13.8 Å². The third-order valence-electron chi connectivity index (χ3n) is 4.02. The van der Waals surface area contributed by atoms with Gasteiger partial charge < -0.3 is 25.8 Å². The van der Waals surface area contributed by atoms with E-state index in [1.807, 2.05) is 0 Å². The van der Waals surface area contributed by atoms with Crippen molar-refractivity contribution in [3.63, 3.8) is 0 Å². The van der Waals surface area contributed by atoms with Crippen molar-refractivity contribution in [2.24, 2.45) is 5.73 Å². The molecule has 0 bridgehead atoms. The van der Waals surface area contributed by atoms with Crippen LogP contribution in [0.2, 0.25) is 0 Å². The first-order chi connectivity index (χ1) is 10.6. The summed E-state index contributed by atoms with van der Waals surface area (Å²) in [6.45, 7) is 7.36. The second-order valence-electron chi connectivity index (χ2n) is 6.15. The van der Waals surface area contributed by atoms with E-state index >= 15 is 0 Å². The fraction of sp³-hybridized carbons (Fsp3) is 0.643. The lowest BCUT2D eigenvalue weighted by Gasteiger charge is -2.43. The number of β-lactam (4-membered cyclic amide) rings is 1. The SMILES string of the molecule is C=C(COC)C(N)C(=O)N[C@H]1C(=O)N2[C@@H]1SC(C)(C)[C@@H]2C(=O)O. The van der Waals surface area contributed by atoms with E-state index in [1.54, 1.807) is 13.8 Å². The second-order valence-corrected chi connectivity index (χ2v) is 7.92. The Kier molecular flexibility index (Phi) is 4.74. The topological polar surface area (TPSA) is 122 Å². The minimum Gasteiger partial charge on any atom is -0.480 e. The van der Waals surface area contributed by atoms with Crippen molar-refractivity contribution in [2.45, 2.75) is 42.1 Å². The van der Waals surface area contributed by atoms with Crippen molar-refractivity contribution in [3.05, 3.63) is 12.2 Å². The first kappa shape index (κ1) is 17.8. The summed E-state index contributed by atoms with van der Waals surface area (Å²) in [7, 11) is 1.46. The Morgan fingerprint density at radius 1 is 1.57 bits per heavy atom. The summed E-state index contributed by atoms with van der Waals surface area (Å²) in [5, 5.41) is 11.5. The lowest BCUT2D eigenvalue weighted by molar-refractivity contribution is -0.161. The third-order valence-corrected chi connectivity index (χ3v) is 5.60. The molecule has 23 heavy (non-hydrogen) atoms. The minimum absolute atomic E-state index is 0.144. The quantitative estimate of drug-likeness (QED) is 0.424. The van der Waals surface area contributed by atoms with Crippen LogP contribution >= 0.6 is 11.8 Å². The molecule has 8 nitrogen and oxygen atoms in total. The van der Waals surface area contributed by atoms with Gasteiger partial charge in [-0.1, -0.05) is 6.58 Å². The Hall–Kier alpha value is -1.58. The summed E-state index contributed by atoms with van der Waals surface area (Å²) < 4.78 is 4.24. The van der Waals surface area contributed by atoms with Crippen LogP contribution in [-0.2, 0) is 19.1 Å². The zero-order valence-corrected chi connectivity index (χ0v) is 14.1. The van der Waals surface area contributed by atoms with Gasteiger partial charge in [0.25, 0.3) is 0 Å². The van der Waals surface area contributed by atoms with Crippen LogP contribution in [0.5, 0.6) is 0 Å². The molecule has 2 aliphatic rings. The zero-order valence-electron chi connectivity index (χ0n) is 13.2. The largest absolute Gasteiger partial charge is 0.480 e. The van der Waals surface area contributed by atoms with Crippen LogP contribution in [0.15, 0.2) is 12.2 Å². The molecule has 2 fully saturated rings. The maximum Gasteiger partial charge on any atom is 0.327 e. The number of amides is 2. The first-order valence-corrected chi connectivity index (χ1v) is 7.95. The maximum atomic E-state index is 12.2. The Morgan fingerprint density at radius 2 is 2.17 bits per heavy atom. The summed E-state index contributed by atoms with van der Waals surface area (Å²) >= 11 is 1.36. The molecule has 0 saturated carbocycles. The molecular formula is C14H21N3O5S. The van der Waals surface area contributed by atoms with E-state index in [-0.39, 0.29) is 6.61 Å². The molecule has 2 rings (SSSR count). The summed E-state index contributed by atoms with van der Waals surface area (Å²) in [6, 6.07) is -2.65. The molecule has 0 aromatic heterocycles. The zero-order chi connectivity index (χ0) is 17.5. The number of carboxylic acid groups (broad SMARTS) is 1. The van der Waals surface area contributed by atoms with E-state index in [4.69, 9.17) is 10.5 Å². The smallest absolute Gasteiger partial charge is 0.327 e. The van der Waals surface area contributed by atoms with Gasteiger partial charge in [-0.25, -0.2) is 4.79 Å². The van der Waals surface area contributed by atoms with Crippen molar-refractivity contribution in [2.75, 3.05) is 13.7 Å². The normalized spacial score (nSPS) is 29.5. The number of hydrogen-bond donors (Lipinski definition) is 3. The Labute approximate surface area is 138 Å². The number of carboxylic acids is 1. The number of aliphatic carboxylic acids is 1. The van der Waals surface area contributed by atoms with E-state index in [9.17, 15) is 19.5 Å². The number of methoxy groups -OCH3 is 1. The molecule has 0 spiro atoms. The first-order valence-electron chi connectivity index (χ1n) is 7.07. The van der Waals surface area contributed by atoms with Crippen LogP contribution in [0.3, 0.4) is 0 Å². The van der Waals surface area contributed by atoms with E-state index in [0.717, 1.165) is 0 Å². The summed E-state index contributed by atoms with van der Waals surface area (Å²) in [6.07, 6.45) is 0. The van der Waals surface area contributed by atoms with E-state index in [0.29, 0.717) is 5.57 Å². The van der Waals surface area contributed by atoms with Crippen molar-refractivity contribution in [1.29, 1.82) is 0 Å². The van der Waals surface area contributed by atoms with E-state index < -0.39 is 46.0 Å². The molecule has 2 aliphatic heterocycles. The molecule has 2 heterocycles. The third kappa shape index (κ3) is 2.96. The predicted octanol–water partition coefficient (Wildman–Crippen LogP) is -0.852. The molecular weight excluding hydrogens is 322 g/mol. The molecule has 1 unspecified atom stereocenters. The van der Waals surface area contributed by atoms with Gasteiger partial charge in [-0.15, -0.1) is 11.8 Å². The van der Waals surface area contributed by atoms with E-state index in [1.165, 1.54) is 23.8 Å². The number of carbonyl (C=O) groups excluding carboxylic acids is 2. The molecule has 4 N–H and O–H groups in total. The highest BCUT2D eigenvalue weighted by Crippen LogP contribution is 2.50. The van der Waals surface area contributed by atoms with Crippen molar-refractivity contribution < 1.29 is 24.2 Å². The highest BCUT2D eigenvalue weighted by Gasteiger charge is 2.64. The van der Waals surface area contributed by atoms with Gasteiger partial charge in [-0.3, -0.25) is 9.59 Å². The molecule has 2 amide bonds. The number of rotatable bonds is 6. The van der Waals surface area contributed by atoms with Crippen LogP contribution in [0, 0.1) is 0 Å². The van der Waals surface area contributed by atoms with Crippen LogP contribution in [0.4, 0.5) is 0 Å². The number of nitrogens with two attached hydrogens (primary N) is 1. The van der Waals surface area contributed by atoms with Gasteiger partial charge in [0.05, 0.1) is 6.61 Å². The average Bonchev–Trinajstić information content (AvgIpc) is 2.72. The standard InChI is InChI=1S/C14H21N3O5S/c1-6(5-22-4)7(15)10(18)16-8-11(19)17-9(13(20)21)14(2,3)23-12(8)17/h7-9,12H,1,5,15H2,2-4H3,(H,16,18)(H,20,21)/t7?,8-,9-,12+/m0/s1. The highest BCUT2D eigenvalue weighted by atomic mass is 32.2. The number of nitrogens with zero attached hydrogens (tertiary/aromatic N) is 1. The molecule has 0 aromatic carbocycles. The minimum atomic E-state index is -1.05. The number of nitrogens with one attached hydrogen (secondary N) is 1. The Bertz CT molecular complexity index is 565. The number of thioether (sulfide) groups is 1. The van der Waals surface area contributed by atoms with Crippen LogP contribution in [0.25, 0.3) is 0 Å². The predicted molar refractivity (Wildman–Crippen MR) is 84.6 cm³/mol. The van der Waals surface area contributed by atoms with Gasteiger partial charge in [-0.05, 0) is 19.4 Å². The molecule has 128 valence electrons. The van der Waals surface area contributed by atoms with Gasteiger partial charge in [0.2, 0.25) is 11.8 Å². The number of ether oxygens (including phenoxy) is 1. The summed E-state index contributed by atoms with van der Waals surface area (Å²) in [4.78, 5) is 37.1. The number of hydrogen-bond acceptors (Lipinski definition) is 6. The second kappa shape index (κ2) is 6.14. The lowest BCUT2D eigenvalue weighted by Crippen LogP contribution is -2.71. The maximum absolute atomic E-state index is 12.2. The monoisotopic (exact) mass is 343 g/mol. The summed E-state index contributed by atoms with van der Waals surface area (Å²) in [5.74, 6) is -1.98. The molecule has 2 saturated heterocycles. The Balaban J connectivity index is 2.05. The van der Waals surface area contributed by atoms with Gasteiger partial charge in [-0.2, -0.15) is 0 Å². The van der Waals surface area contributed by atoms with Gasteiger partial charge in [0.15, 0.2) is 0 Å². The van der Waals surface area contributed by atoms with Gasteiger partial charge in [0.1, 0.15) is 23.5 Å². The fourth-order valence-electron chi connectivity index (χ4n) is 2.85. The molecule has 0 aliphatic carbocycles. The Morgan fingerprint density at radius 3 is 2.70 bits per heavy atom. The average molecular weight is 343 g/mol. The highest BCUT2D eigenvalue weighted by molar-refractivity contribution is 8.01. The molecule has 0 radical (unpaired) electrons. The van der Waals surface area contributed by atoms with Crippen LogP contribution < -0.4 is 11.1 Å². The molecule has 9 heteroatoms. The molecule has 4 atom stereocenters. The van der Waals surface area contributed by atoms with Crippen molar-refractivity contribution in [3.8, 4) is 0 Å².